The molecule has 2 bridgehead atoms. The largest absolute Gasteiger partial charge is 0.342 e. The molecule has 0 N–H and O–H groups in total. The maximum Gasteiger partial charge on any atom is 0.251 e. The molecular weight excluding hydrogens is 340 g/mol. The number of aromatic nitrogens is 3. The lowest BCUT2D eigenvalue weighted by Gasteiger charge is -2.42. The number of aryl methyl sites for hydroxylation is 1. The van der Waals surface area contributed by atoms with E-state index in [4.69, 9.17) is 0 Å². The summed E-state index contributed by atoms with van der Waals surface area (Å²) in [5.41, 5.74) is 3.82. The van der Waals surface area contributed by atoms with Gasteiger partial charge in [-0.05, 0) is 36.8 Å². The number of fused-ring (bicyclic) bond motifs is 4. The van der Waals surface area contributed by atoms with E-state index in [9.17, 15) is 9.59 Å². The molecule has 1 fully saturated rings. The average Bonchev–Trinajstić information content (AvgIpc) is 2.62. The topological polar surface area (TPSA) is 68.1 Å². The second kappa shape index (κ2) is 6.59. The van der Waals surface area contributed by atoms with Crippen LogP contribution in [0, 0.1) is 12.8 Å². The fraction of sp³-hybridized carbons (Fsp3) is 0.524. The van der Waals surface area contributed by atoms with Crippen LogP contribution in [0.25, 0.3) is 11.3 Å². The van der Waals surface area contributed by atoms with E-state index < -0.39 is 0 Å². The van der Waals surface area contributed by atoms with Gasteiger partial charge in [0, 0.05) is 56.0 Å². The Labute approximate surface area is 159 Å². The highest BCUT2D eigenvalue weighted by Crippen LogP contribution is 2.37. The smallest absolute Gasteiger partial charge is 0.251 e. The number of hydrogen-bond donors (Lipinski definition) is 0. The Hall–Kier alpha value is -2.50. The van der Waals surface area contributed by atoms with Gasteiger partial charge < -0.3 is 9.47 Å². The number of carbonyl (C=O) groups excluding carboxylic acids is 1. The van der Waals surface area contributed by atoms with Crippen molar-refractivity contribution in [2.24, 2.45) is 5.92 Å². The molecule has 0 aromatic carbocycles. The molecule has 1 amide bonds. The summed E-state index contributed by atoms with van der Waals surface area (Å²) < 4.78 is 1.91. The molecular formula is C21H26N4O2. The summed E-state index contributed by atoms with van der Waals surface area (Å²) in [5.74, 6) is 1.65. The number of pyridine rings is 1. The van der Waals surface area contributed by atoms with Gasteiger partial charge in [-0.1, -0.05) is 13.8 Å². The van der Waals surface area contributed by atoms with Crippen LogP contribution in [-0.2, 0) is 11.3 Å². The van der Waals surface area contributed by atoms with Gasteiger partial charge in [0.15, 0.2) is 0 Å². The van der Waals surface area contributed by atoms with E-state index in [-0.39, 0.29) is 23.3 Å². The summed E-state index contributed by atoms with van der Waals surface area (Å²) in [6.45, 7) is 9.85. The van der Waals surface area contributed by atoms with E-state index in [0.29, 0.717) is 24.8 Å². The van der Waals surface area contributed by atoms with Gasteiger partial charge in [-0.15, -0.1) is 0 Å². The van der Waals surface area contributed by atoms with Crippen LogP contribution < -0.4 is 5.56 Å². The predicted octanol–water partition coefficient (Wildman–Crippen LogP) is 2.70. The first-order valence-corrected chi connectivity index (χ1v) is 9.67. The molecule has 2 atom stereocenters. The summed E-state index contributed by atoms with van der Waals surface area (Å²) >= 11 is 0. The van der Waals surface area contributed by atoms with Crippen molar-refractivity contribution in [3.05, 3.63) is 45.8 Å². The molecule has 4 rings (SSSR count). The molecule has 2 aliphatic heterocycles. The molecule has 0 radical (unpaired) electrons. The number of amides is 1. The quantitative estimate of drug-likeness (QED) is 0.819. The molecule has 27 heavy (non-hydrogen) atoms. The molecule has 0 aliphatic carbocycles. The minimum atomic E-state index is 0.0273. The lowest BCUT2D eigenvalue weighted by atomic mass is 9.82. The molecule has 142 valence electrons. The molecule has 1 saturated heterocycles. The van der Waals surface area contributed by atoms with E-state index in [1.54, 1.807) is 13.0 Å². The van der Waals surface area contributed by atoms with Gasteiger partial charge in [0.1, 0.15) is 5.82 Å². The highest BCUT2D eigenvalue weighted by Gasteiger charge is 2.36. The normalized spacial score (nSPS) is 21.3. The van der Waals surface area contributed by atoms with Gasteiger partial charge in [0.25, 0.3) is 5.56 Å². The van der Waals surface area contributed by atoms with Crippen LogP contribution in [-0.4, -0.2) is 38.4 Å². The molecule has 4 heterocycles. The minimum absolute atomic E-state index is 0.0273. The second-order valence-corrected chi connectivity index (χ2v) is 8.22. The van der Waals surface area contributed by atoms with Crippen molar-refractivity contribution in [1.29, 1.82) is 0 Å². The molecule has 2 aromatic heterocycles. The molecule has 0 unspecified atom stereocenters. The first-order valence-electron chi connectivity index (χ1n) is 9.67. The highest BCUT2D eigenvalue weighted by atomic mass is 16.2. The fourth-order valence-corrected chi connectivity index (χ4v) is 4.49. The SMILES string of the molecule is CC(=O)N1C[C@@H]2C[C@H](C1)c1cc(-c3nc(C)ncc3C(C)C)cc(=O)n1C2. The molecule has 0 saturated carbocycles. The number of rotatable bonds is 2. The van der Waals surface area contributed by atoms with Crippen molar-refractivity contribution in [1.82, 2.24) is 19.4 Å². The van der Waals surface area contributed by atoms with Gasteiger partial charge in [0.2, 0.25) is 5.91 Å². The lowest BCUT2D eigenvalue weighted by Crippen LogP contribution is -2.48. The summed E-state index contributed by atoms with van der Waals surface area (Å²) in [5, 5.41) is 0. The number of carbonyl (C=O) groups is 1. The van der Waals surface area contributed by atoms with E-state index in [1.807, 2.05) is 22.6 Å². The zero-order valence-electron chi connectivity index (χ0n) is 16.4. The van der Waals surface area contributed by atoms with E-state index in [2.05, 4.69) is 29.9 Å². The lowest BCUT2D eigenvalue weighted by molar-refractivity contribution is -0.131. The average molecular weight is 366 g/mol. The van der Waals surface area contributed by atoms with Crippen LogP contribution in [0.15, 0.2) is 23.1 Å². The van der Waals surface area contributed by atoms with E-state index in [1.165, 1.54) is 0 Å². The van der Waals surface area contributed by atoms with Gasteiger partial charge in [-0.25, -0.2) is 9.97 Å². The zero-order chi connectivity index (χ0) is 19.3. The molecule has 6 heteroatoms. The molecule has 2 aliphatic rings. The Morgan fingerprint density at radius 1 is 1.22 bits per heavy atom. The first-order chi connectivity index (χ1) is 12.8. The maximum atomic E-state index is 12.9. The fourth-order valence-electron chi connectivity index (χ4n) is 4.49. The Bertz CT molecular complexity index is 963. The molecule has 0 spiro atoms. The Morgan fingerprint density at radius 3 is 2.70 bits per heavy atom. The molecule has 2 aromatic rings. The maximum absolute atomic E-state index is 12.9. The van der Waals surface area contributed by atoms with Crippen LogP contribution in [0.1, 0.15) is 56.1 Å². The number of piperidine rings is 1. The van der Waals surface area contributed by atoms with Crippen molar-refractivity contribution < 1.29 is 4.79 Å². The van der Waals surface area contributed by atoms with Gasteiger partial charge in [-0.3, -0.25) is 9.59 Å². The van der Waals surface area contributed by atoms with Gasteiger partial charge in [-0.2, -0.15) is 0 Å². The van der Waals surface area contributed by atoms with E-state index >= 15 is 0 Å². The Morgan fingerprint density at radius 2 is 2.00 bits per heavy atom. The standard InChI is InChI=1S/C21H26N4O2/c1-12(2)18-8-22-13(3)23-21(18)16-6-19-17-5-15(9-24(11-17)14(4)26)10-25(19)20(27)7-16/h6-8,12,15,17H,5,9-11H2,1-4H3/t15-,17+/m0/s1. The molecule has 6 nitrogen and oxygen atoms in total. The predicted molar refractivity (Wildman–Crippen MR) is 104 cm³/mol. The van der Waals surface area contributed by atoms with Crippen molar-refractivity contribution in [3.63, 3.8) is 0 Å². The van der Waals surface area contributed by atoms with Crippen LogP contribution in [0.5, 0.6) is 0 Å². The van der Waals surface area contributed by atoms with Crippen LogP contribution in [0.2, 0.25) is 0 Å². The Balaban J connectivity index is 1.83. The van der Waals surface area contributed by atoms with E-state index in [0.717, 1.165) is 35.5 Å². The third kappa shape index (κ3) is 3.17. The summed E-state index contributed by atoms with van der Waals surface area (Å²) in [6.07, 6.45) is 2.90. The summed E-state index contributed by atoms with van der Waals surface area (Å²) in [7, 11) is 0. The third-order valence-electron chi connectivity index (χ3n) is 5.83. The van der Waals surface area contributed by atoms with Gasteiger partial charge in [0.05, 0.1) is 5.69 Å². The minimum Gasteiger partial charge on any atom is -0.342 e. The number of hydrogen-bond acceptors (Lipinski definition) is 4. The van der Waals surface area contributed by atoms with Gasteiger partial charge >= 0.3 is 0 Å². The summed E-state index contributed by atoms with van der Waals surface area (Å²) in [6, 6.07) is 3.82. The van der Waals surface area contributed by atoms with Crippen molar-refractivity contribution in [2.75, 3.05) is 13.1 Å². The van der Waals surface area contributed by atoms with Crippen LogP contribution in [0.4, 0.5) is 0 Å². The first kappa shape index (κ1) is 17.9. The third-order valence-corrected chi connectivity index (χ3v) is 5.83. The van der Waals surface area contributed by atoms with Crippen LogP contribution >= 0.6 is 0 Å². The van der Waals surface area contributed by atoms with Crippen molar-refractivity contribution in [2.45, 2.75) is 52.5 Å². The van der Waals surface area contributed by atoms with Crippen molar-refractivity contribution in [3.8, 4) is 11.3 Å². The van der Waals surface area contributed by atoms with Crippen LogP contribution in [0.3, 0.4) is 0 Å². The number of likely N-dealkylation sites (tertiary alicyclic amines) is 1. The number of nitrogens with zero attached hydrogens (tertiary/aromatic N) is 4. The van der Waals surface area contributed by atoms with Crippen molar-refractivity contribution >= 4 is 5.91 Å². The highest BCUT2D eigenvalue weighted by molar-refractivity contribution is 5.73. The second-order valence-electron chi connectivity index (χ2n) is 8.22. The Kier molecular flexibility index (Phi) is 4.36. The monoisotopic (exact) mass is 366 g/mol. The summed E-state index contributed by atoms with van der Waals surface area (Å²) in [4.78, 5) is 35.7. The zero-order valence-corrected chi connectivity index (χ0v) is 16.4.